The van der Waals surface area contributed by atoms with Crippen LogP contribution >= 0.6 is 0 Å². The number of nitrogens with two attached hydrogens (primary N) is 2. The number of hydrogen-bond acceptors (Lipinski definition) is 8. The van der Waals surface area contributed by atoms with Crippen molar-refractivity contribution in [2.24, 2.45) is 17.4 Å². The van der Waals surface area contributed by atoms with Crippen LogP contribution in [0.25, 0.3) is 0 Å². The molecule has 0 bridgehead atoms. The van der Waals surface area contributed by atoms with E-state index in [1.165, 1.54) is 0 Å². The Morgan fingerprint density at radius 2 is 1.33 bits per heavy atom. The van der Waals surface area contributed by atoms with E-state index in [-0.39, 0.29) is 26.1 Å². The second-order valence-corrected chi connectivity index (χ2v) is 8.65. The molecule has 2 aliphatic rings. The molecule has 3 unspecified atom stereocenters. The molecule has 2 aliphatic heterocycles. The van der Waals surface area contributed by atoms with Gasteiger partial charge in [-0.1, -0.05) is 60.7 Å². The van der Waals surface area contributed by atoms with Gasteiger partial charge < -0.3 is 20.9 Å². The number of carbonyl (C=O) groups is 5. The van der Waals surface area contributed by atoms with Crippen molar-refractivity contribution in [3.8, 4) is 0 Å². The van der Waals surface area contributed by atoms with Crippen molar-refractivity contribution in [3.63, 3.8) is 0 Å². The van der Waals surface area contributed by atoms with Crippen LogP contribution < -0.4 is 11.5 Å². The summed E-state index contributed by atoms with van der Waals surface area (Å²) in [5.41, 5.74) is 13.0. The Bertz CT molecular complexity index is 1160. The molecule has 5 amide bonds. The Morgan fingerprint density at radius 3 is 1.92 bits per heavy atom. The summed E-state index contributed by atoms with van der Waals surface area (Å²) < 4.78 is 10.1. The molecule has 0 aliphatic carbocycles. The second-order valence-electron chi connectivity index (χ2n) is 8.65. The normalized spacial score (nSPS) is 21.0. The van der Waals surface area contributed by atoms with Crippen LogP contribution in [-0.4, -0.2) is 71.0 Å². The molecule has 11 nitrogen and oxygen atoms in total. The molecule has 2 aromatic carbocycles. The van der Waals surface area contributed by atoms with Crippen molar-refractivity contribution in [1.82, 2.24) is 9.80 Å². The van der Waals surface area contributed by atoms with Crippen LogP contribution in [0.5, 0.6) is 0 Å². The molecule has 4 atom stereocenters. The van der Waals surface area contributed by atoms with E-state index in [4.69, 9.17) is 20.9 Å². The molecule has 4 rings (SSSR count). The summed E-state index contributed by atoms with van der Waals surface area (Å²) >= 11 is 0. The lowest BCUT2D eigenvalue weighted by Gasteiger charge is -2.31. The van der Waals surface area contributed by atoms with E-state index in [1.807, 2.05) is 6.07 Å². The fourth-order valence-electron chi connectivity index (χ4n) is 4.43. The molecular formula is C25H26N4O7. The van der Waals surface area contributed by atoms with Crippen LogP contribution in [0.2, 0.25) is 0 Å². The molecule has 2 fully saturated rings. The van der Waals surface area contributed by atoms with Crippen LogP contribution in [0.15, 0.2) is 60.7 Å². The van der Waals surface area contributed by atoms with E-state index in [0.717, 1.165) is 10.5 Å². The van der Waals surface area contributed by atoms with Crippen molar-refractivity contribution < 1.29 is 33.4 Å². The fourth-order valence-corrected chi connectivity index (χ4v) is 4.43. The van der Waals surface area contributed by atoms with Gasteiger partial charge in [0, 0.05) is 0 Å². The fraction of sp³-hybridized carbons (Fsp3) is 0.320. The topological polar surface area (TPSA) is 162 Å². The maximum Gasteiger partial charge on any atom is 0.417 e. The second kappa shape index (κ2) is 10.6. The first-order valence-electron chi connectivity index (χ1n) is 11.4. The summed E-state index contributed by atoms with van der Waals surface area (Å²) in [4.78, 5) is 65.4. The lowest BCUT2D eigenvalue weighted by molar-refractivity contribution is -0.140. The quantitative estimate of drug-likeness (QED) is 0.539. The summed E-state index contributed by atoms with van der Waals surface area (Å²) in [6.07, 6.45) is -1.75. The predicted octanol–water partition coefficient (Wildman–Crippen LogP) is 0.595. The third kappa shape index (κ3) is 5.05. The van der Waals surface area contributed by atoms with E-state index in [2.05, 4.69) is 0 Å². The number of rotatable bonds is 8. The molecule has 2 heterocycles. The highest BCUT2D eigenvalue weighted by atomic mass is 16.6. The largest absolute Gasteiger partial charge is 0.447 e. The van der Waals surface area contributed by atoms with Crippen molar-refractivity contribution in [2.75, 3.05) is 13.2 Å². The number of imide groups is 2. The summed E-state index contributed by atoms with van der Waals surface area (Å²) in [5.74, 6) is -3.56. The molecular weight excluding hydrogens is 468 g/mol. The van der Waals surface area contributed by atoms with Crippen molar-refractivity contribution in [2.45, 2.75) is 31.0 Å². The Balaban J connectivity index is 1.64. The van der Waals surface area contributed by atoms with Gasteiger partial charge in [0.05, 0.1) is 18.0 Å². The number of nitrogens with zero attached hydrogens (tertiary/aromatic N) is 2. The zero-order chi connectivity index (χ0) is 25.8. The predicted molar refractivity (Wildman–Crippen MR) is 125 cm³/mol. The van der Waals surface area contributed by atoms with Gasteiger partial charge in [-0.05, 0) is 24.0 Å². The number of amides is 5. The van der Waals surface area contributed by atoms with Gasteiger partial charge in [-0.25, -0.2) is 19.4 Å². The standard InChI is InChI=1S/C25H26N4O7/c26-18(12-16-9-5-2-6-10-16)23(32)28-19(13-35-24(28)33)17(11-15-7-3-1-4-8-15)22(31)29-20(21(27)30)14-36-25(29)34/h1-10,17-20H,11-14,26H2,(H2,27,30)/t17?,18-,19?,20?/m0/s1. The average molecular weight is 495 g/mol. The monoisotopic (exact) mass is 494 g/mol. The first-order chi connectivity index (χ1) is 17.3. The Morgan fingerprint density at radius 1 is 0.806 bits per heavy atom. The van der Waals surface area contributed by atoms with E-state index in [1.54, 1.807) is 54.6 Å². The lowest BCUT2D eigenvalue weighted by Crippen LogP contribution is -2.56. The molecule has 188 valence electrons. The van der Waals surface area contributed by atoms with Crippen molar-refractivity contribution in [3.05, 3.63) is 71.8 Å². The van der Waals surface area contributed by atoms with E-state index in [0.29, 0.717) is 10.5 Å². The smallest absolute Gasteiger partial charge is 0.417 e. The number of primary amides is 1. The maximum absolute atomic E-state index is 13.7. The summed E-state index contributed by atoms with van der Waals surface area (Å²) in [5, 5.41) is 0. The number of benzene rings is 2. The Labute approximate surface area is 206 Å². The number of ether oxygens (including phenoxy) is 2. The highest BCUT2D eigenvalue weighted by molar-refractivity contribution is 6.02. The Kier molecular flexibility index (Phi) is 7.30. The zero-order valence-corrected chi connectivity index (χ0v) is 19.3. The van der Waals surface area contributed by atoms with Crippen molar-refractivity contribution in [1.29, 1.82) is 0 Å². The van der Waals surface area contributed by atoms with Crippen molar-refractivity contribution >= 4 is 29.9 Å². The number of hydrogen-bond donors (Lipinski definition) is 2. The number of carbonyl (C=O) groups excluding carboxylic acids is 5. The molecule has 2 saturated heterocycles. The van der Waals surface area contributed by atoms with Crippen LogP contribution in [0.3, 0.4) is 0 Å². The zero-order valence-electron chi connectivity index (χ0n) is 19.3. The average Bonchev–Trinajstić information content (AvgIpc) is 3.45. The lowest BCUT2D eigenvalue weighted by atomic mass is 9.89. The van der Waals surface area contributed by atoms with E-state index < -0.39 is 54.0 Å². The molecule has 0 saturated carbocycles. The first kappa shape index (κ1) is 24.9. The first-order valence-corrected chi connectivity index (χ1v) is 11.4. The highest BCUT2D eigenvalue weighted by Crippen LogP contribution is 2.28. The van der Waals surface area contributed by atoms with Crippen LogP contribution in [0, 0.1) is 5.92 Å². The van der Waals surface area contributed by atoms with Gasteiger partial charge in [-0.2, -0.15) is 0 Å². The summed E-state index contributed by atoms with van der Waals surface area (Å²) in [6.45, 7) is -0.654. The third-order valence-electron chi connectivity index (χ3n) is 6.28. The molecule has 0 spiro atoms. The minimum atomic E-state index is -1.30. The minimum absolute atomic E-state index is 0.0495. The van der Waals surface area contributed by atoms with E-state index >= 15 is 0 Å². The molecule has 0 aromatic heterocycles. The highest BCUT2D eigenvalue weighted by Gasteiger charge is 2.51. The molecule has 11 heteroatoms. The third-order valence-corrected chi connectivity index (χ3v) is 6.28. The van der Waals surface area contributed by atoms with Gasteiger partial charge in [-0.3, -0.25) is 14.4 Å². The van der Waals surface area contributed by atoms with Gasteiger partial charge >= 0.3 is 12.2 Å². The van der Waals surface area contributed by atoms with Crippen LogP contribution in [-0.2, 0) is 36.7 Å². The molecule has 0 radical (unpaired) electrons. The molecule has 36 heavy (non-hydrogen) atoms. The van der Waals surface area contributed by atoms with Gasteiger partial charge in [0.15, 0.2) is 6.04 Å². The Hall–Kier alpha value is -4.25. The van der Waals surface area contributed by atoms with Crippen LogP contribution in [0.1, 0.15) is 11.1 Å². The summed E-state index contributed by atoms with van der Waals surface area (Å²) in [7, 11) is 0. The summed E-state index contributed by atoms with van der Waals surface area (Å²) in [6, 6.07) is 14.4. The maximum atomic E-state index is 13.7. The SMILES string of the molecule is NC(=O)C1COC(=O)N1C(=O)C(Cc1ccccc1)C1COC(=O)N1C(=O)[C@@H](N)Cc1ccccc1. The van der Waals surface area contributed by atoms with E-state index in [9.17, 15) is 24.0 Å². The molecule has 2 aromatic rings. The number of cyclic esters (lactones) is 2. The van der Waals surface area contributed by atoms with Gasteiger partial charge in [-0.15, -0.1) is 0 Å². The van der Waals surface area contributed by atoms with Gasteiger partial charge in [0.2, 0.25) is 17.7 Å². The van der Waals surface area contributed by atoms with Crippen LogP contribution in [0.4, 0.5) is 9.59 Å². The molecule has 4 N–H and O–H groups in total. The van der Waals surface area contributed by atoms with Gasteiger partial charge in [0.25, 0.3) is 0 Å². The van der Waals surface area contributed by atoms with Gasteiger partial charge in [0.1, 0.15) is 13.2 Å². The minimum Gasteiger partial charge on any atom is -0.447 e.